The number of pyridine rings is 2. The van der Waals surface area contributed by atoms with Gasteiger partial charge in [-0.15, -0.1) is 11.3 Å². The summed E-state index contributed by atoms with van der Waals surface area (Å²) in [5.41, 5.74) is -3.73. The van der Waals surface area contributed by atoms with Crippen LogP contribution in [0.3, 0.4) is 0 Å². The van der Waals surface area contributed by atoms with E-state index in [2.05, 4.69) is 9.97 Å². The molecule has 3 aromatic heterocycles. The van der Waals surface area contributed by atoms with Crippen molar-refractivity contribution in [2.75, 3.05) is 0 Å². The molecule has 0 unspecified atom stereocenters. The lowest BCUT2D eigenvalue weighted by atomic mass is 9.87. The maximum atomic E-state index is 8.03. The minimum atomic E-state index is -3.48. The Hall–Kier alpha value is -2.26. The number of benzene rings is 1. The summed E-state index contributed by atoms with van der Waals surface area (Å²) in [6.45, 7) is -15.5. The molecule has 0 atom stereocenters. The highest BCUT2D eigenvalue weighted by molar-refractivity contribution is 7.26. The molecule has 4 rings (SSSR count). The summed E-state index contributed by atoms with van der Waals surface area (Å²) in [6, 6.07) is 7.62. The molecule has 0 saturated heterocycles. The molecule has 0 amide bonds. The predicted molar refractivity (Wildman–Crippen MR) is 109 cm³/mol. The Labute approximate surface area is 173 Å². The molecule has 0 N–H and O–H groups in total. The van der Waals surface area contributed by atoms with Crippen LogP contribution in [-0.2, 0) is 5.41 Å². The van der Waals surface area contributed by atoms with Crippen LogP contribution < -0.4 is 0 Å². The lowest BCUT2D eigenvalue weighted by Crippen LogP contribution is -2.11. The summed E-state index contributed by atoms with van der Waals surface area (Å²) in [4.78, 5) is 8.70. The molecular formula is C22H22N2S. The van der Waals surface area contributed by atoms with Gasteiger partial charge in [-0.05, 0) is 54.5 Å². The van der Waals surface area contributed by atoms with Gasteiger partial charge in [0.05, 0.1) is 5.69 Å². The van der Waals surface area contributed by atoms with Crippen molar-refractivity contribution >= 4 is 31.6 Å². The van der Waals surface area contributed by atoms with Crippen molar-refractivity contribution in [2.45, 2.75) is 39.7 Å². The van der Waals surface area contributed by atoms with E-state index in [0.717, 1.165) is 29.7 Å². The van der Waals surface area contributed by atoms with E-state index in [0.29, 0.717) is 10.1 Å². The first-order valence-electron chi connectivity index (χ1n) is 14.9. The van der Waals surface area contributed by atoms with E-state index in [1.54, 1.807) is 0 Å². The van der Waals surface area contributed by atoms with E-state index < -0.39 is 45.2 Å². The van der Waals surface area contributed by atoms with E-state index in [1.807, 2.05) is 0 Å². The normalized spacial score (nSPS) is 23.6. The van der Waals surface area contributed by atoms with Crippen molar-refractivity contribution in [3.63, 3.8) is 0 Å². The third kappa shape index (κ3) is 2.73. The molecule has 2 nitrogen and oxygen atoms in total. The van der Waals surface area contributed by atoms with Crippen LogP contribution in [0.5, 0.6) is 0 Å². The molecule has 0 bridgehead atoms. The van der Waals surface area contributed by atoms with Crippen molar-refractivity contribution < 1.29 is 20.6 Å². The third-order valence-corrected chi connectivity index (χ3v) is 5.09. The summed E-state index contributed by atoms with van der Waals surface area (Å²) in [5.74, 6) is 0. The molecule has 126 valence electrons. The summed E-state index contributed by atoms with van der Waals surface area (Å²) in [6.07, 6.45) is 1.10. The highest BCUT2D eigenvalue weighted by Crippen LogP contribution is 2.41. The summed E-state index contributed by atoms with van der Waals surface area (Å²) < 4.78 is 120. The molecule has 3 heterocycles. The van der Waals surface area contributed by atoms with Gasteiger partial charge in [-0.2, -0.15) is 0 Å². The van der Waals surface area contributed by atoms with Crippen molar-refractivity contribution in [3.05, 3.63) is 59.4 Å². The molecule has 3 heteroatoms. The predicted octanol–water partition coefficient (Wildman–Crippen LogP) is 6.43. The molecule has 0 spiro atoms. The Balaban J connectivity index is 2.09. The zero-order chi connectivity index (χ0) is 30.3. The highest BCUT2D eigenvalue weighted by Gasteiger charge is 2.17. The van der Waals surface area contributed by atoms with Crippen LogP contribution in [0.25, 0.3) is 31.6 Å². The van der Waals surface area contributed by atoms with Gasteiger partial charge in [-0.25, -0.2) is 4.98 Å². The van der Waals surface area contributed by atoms with Crippen LogP contribution in [0.1, 0.15) is 57.9 Å². The molecule has 25 heavy (non-hydrogen) atoms. The quantitative estimate of drug-likeness (QED) is 0.390. The van der Waals surface area contributed by atoms with Gasteiger partial charge in [0.25, 0.3) is 0 Å². The monoisotopic (exact) mass is 361 g/mol. The van der Waals surface area contributed by atoms with Gasteiger partial charge in [0, 0.05) is 53.5 Å². The zero-order valence-corrected chi connectivity index (χ0v) is 13.7. The SMILES string of the molecule is [2H]C([2H])([2H])c1ccc2c(n1)sc1c(-c3cc(C(C([2H])([2H])[2H])(C([2H])([2H])[2H])C([2H])([2H])[2H])ccn3)ccc(C([2H])([2H])[2H])c12. The molecule has 0 aliphatic heterocycles. The van der Waals surface area contributed by atoms with E-state index in [1.165, 1.54) is 24.3 Å². The molecule has 4 aromatic rings. The number of thiophene rings is 1. The fraction of sp³-hybridized carbons (Fsp3) is 0.273. The number of rotatable bonds is 1. The number of hydrogen-bond donors (Lipinski definition) is 0. The fourth-order valence-corrected chi connectivity index (χ4v) is 4.00. The standard InChI is InChI=1S/C22H22N2S/c1-13-6-8-16(18-12-15(10-11-23-18)22(3,4)5)20-19(13)17-9-7-14(2)24-21(17)25-20/h6-12H,1-5H3/i1D3,2D3,3D3,4D3,5D3. The Morgan fingerprint density at radius 3 is 2.76 bits per heavy atom. The second kappa shape index (κ2) is 5.63. The van der Waals surface area contributed by atoms with Gasteiger partial charge in [0.1, 0.15) is 4.83 Å². The molecule has 0 saturated carbocycles. The first-order valence-corrected chi connectivity index (χ1v) is 8.17. The molecule has 1 aromatic carbocycles. The summed E-state index contributed by atoms with van der Waals surface area (Å²) in [5, 5.41) is 0.627. The molecule has 0 fully saturated rings. The van der Waals surface area contributed by atoms with E-state index >= 15 is 0 Å². The Morgan fingerprint density at radius 2 is 1.96 bits per heavy atom. The molecule has 0 aliphatic rings. The number of hydrogen-bond acceptors (Lipinski definition) is 3. The van der Waals surface area contributed by atoms with Gasteiger partial charge in [-0.3, -0.25) is 4.98 Å². The number of aryl methyl sites for hydroxylation is 2. The number of fused-ring (bicyclic) bond motifs is 3. The van der Waals surface area contributed by atoms with Crippen LogP contribution in [0.15, 0.2) is 42.6 Å². The van der Waals surface area contributed by atoms with E-state index in [4.69, 9.17) is 20.6 Å². The number of aromatic nitrogens is 2. The van der Waals surface area contributed by atoms with Crippen molar-refractivity contribution in [1.29, 1.82) is 0 Å². The van der Waals surface area contributed by atoms with Crippen molar-refractivity contribution in [2.24, 2.45) is 0 Å². The van der Waals surface area contributed by atoms with Crippen LogP contribution in [0.4, 0.5) is 0 Å². The Morgan fingerprint density at radius 1 is 1.04 bits per heavy atom. The average Bonchev–Trinajstić information content (AvgIpc) is 3.13. The molecule has 0 aliphatic carbocycles. The summed E-state index contributed by atoms with van der Waals surface area (Å²) in [7, 11) is 0. The van der Waals surface area contributed by atoms with Crippen molar-refractivity contribution in [1.82, 2.24) is 9.97 Å². The van der Waals surface area contributed by atoms with Gasteiger partial charge in [-0.1, -0.05) is 32.7 Å². The smallest absolute Gasteiger partial charge is 0.124 e. The summed E-state index contributed by atoms with van der Waals surface area (Å²) >= 11 is 0.989. The molecular weight excluding hydrogens is 324 g/mol. The van der Waals surface area contributed by atoms with Gasteiger partial charge >= 0.3 is 0 Å². The topological polar surface area (TPSA) is 25.8 Å². The largest absolute Gasteiger partial charge is 0.256 e. The van der Waals surface area contributed by atoms with Gasteiger partial charge < -0.3 is 0 Å². The Kier molecular flexibility index (Phi) is 1.46. The van der Waals surface area contributed by atoms with Gasteiger partial charge in [0.15, 0.2) is 0 Å². The number of nitrogens with zero attached hydrogens (tertiary/aromatic N) is 2. The lowest BCUT2D eigenvalue weighted by molar-refractivity contribution is 0.589. The second-order valence-corrected chi connectivity index (χ2v) is 6.69. The Bertz CT molecular complexity index is 1550. The second-order valence-electron chi connectivity index (χ2n) is 5.70. The van der Waals surface area contributed by atoms with Crippen LogP contribution >= 0.6 is 11.3 Å². The highest BCUT2D eigenvalue weighted by atomic mass is 32.1. The minimum absolute atomic E-state index is 0.00400. The van der Waals surface area contributed by atoms with E-state index in [9.17, 15) is 0 Å². The van der Waals surface area contributed by atoms with Crippen molar-refractivity contribution in [3.8, 4) is 11.3 Å². The van der Waals surface area contributed by atoms with E-state index in [-0.39, 0.29) is 32.7 Å². The van der Waals surface area contributed by atoms with Crippen LogP contribution in [-0.4, -0.2) is 9.97 Å². The minimum Gasteiger partial charge on any atom is -0.256 e. The zero-order valence-electron chi connectivity index (χ0n) is 27.8. The fourth-order valence-electron chi connectivity index (χ4n) is 2.77. The van der Waals surface area contributed by atoms with Crippen LogP contribution in [0, 0.1) is 13.7 Å². The average molecular weight is 362 g/mol. The first kappa shape index (κ1) is 6.48. The van der Waals surface area contributed by atoms with Crippen LogP contribution in [0.2, 0.25) is 0 Å². The maximum absolute atomic E-state index is 8.03. The lowest BCUT2D eigenvalue weighted by Gasteiger charge is -2.19. The maximum Gasteiger partial charge on any atom is 0.124 e. The molecule has 0 radical (unpaired) electrons. The first-order chi connectivity index (χ1) is 18.0. The van der Waals surface area contributed by atoms with Gasteiger partial charge in [0.2, 0.25) is 0 Å². The third-order valence-electron chi connectivity index (χ3n) is 3.95.